The van der Waals surface area contributed by atoms with Crippen LogP contribution >= 0.6 is 15.9 Å². The van der Waals surface area contributed by atoms with Crippen LogP contribution in [0.1, 0.15) is 26.3 Å². The van der Waals surface area contributed by atoms with Gasteiger partial charge >= 0.3 is 12.1 Å². The first-order valence-electron chi connectivity index (χ1n) is 7.36. The quantitative estimate of drug-likeness (QED) is 0.691. The Bertz CT molecular complexity index is 919. The molecule has 0 saturated carbocycles. The van der Waals surface area contributed by atoms with Crippen molar-refractivity contribution in [1.29, 1.82) is 5.26 Å². The molecule has 0 aliphatic carbocycles. The molecule has 0 bridgehead atoms. The number of nitrogens with zero attached hydrogens (tertiary/aromatic N) is 5. The van der Waals surface area contributed by atoms with Crippen molar-refractivity contribution in [1.82, 2.24) is 15.0 Å². The van der Waals surface area contributed by atoms with E-state index in [1.807, 2.05) is 22.9 Å². The lowest BCUT2D eigenvalue weighted by Gasteiger charge is -2.17. The van der Waals surface area contributed by atoms with Gasteiger partial charge in [-0.15, -0.1) is 5.10 Å². The molecule has 0 aliphatic heterocycles. The van der Waals surface area contributed by atoms with E-state index in [-0.39, 0.29) is 5.41 Å². The second kappa shape index (κ2) is 6.10. The van der Waals surface area contributed by atoms with Gasteiger partial charge in [0.25, 0.3) is 0 Å². The summed E-state index contributed by atoms with van der Waals surface area (Å²) in [5.41, 5.74) is 2.13. The topological polar surface area (TPSA) is 77.8 Å². The van der Waals surface area contributed by atoms with Crippen LogP contribution in [0.4, 0.5) is 0 Å². The second-order valence-corrected chi connectivity index (χ2v) is 7.37. The van der Waals surface area contributed by atoms with Crippen molar-refractivity contribution in [3.63, 3.8) is 0 Å². The van der Waals surface area contributed by atoms with Gasteiger partial charge < -0.3 is 4.74 Å². The van der Waals surface area contributed by atoms with Gasteiger partial charge in [-0.25, -0.2) is 4.68 Å². The van der Waals surface area contributed by atoms with Crippen molar-refractivity contribution in [2.75, 3.05) is 0 Å². The smallest absolute Gasteiger partial charge is 0.391 e. The van der Waals surface area contributed by atoms with E-state index in [1.165, 1.54) is 0 Å². The average molecular weight is 385 g/mol. The highest BCUT2D eigenvalue weighted by Crippen LogP contribution is 2.34. The van der Waals surface area contributed by atoms with Crippen LogP contribution in [0.3, 0.4) is 0 Å². The van der Waals surface area contributed by atoms with Crippen molar-refractivity contribution in [2.45, 2.75) is 27.3 Å². The zero-order valence-electron chi connectivity index (χ0n) is 13.5. The molecule has 1 aromatic carbocycles. The number of benzene rings is 1. The molecule has 120 valence electrons. The molecule has 2 heterocycles. The maximum atomic E-state index is 8.78. The molecule has 0 unspecified atom stereocenters. The Labute approximate surface area is 148 Å². The van der Waals surface area contributed by atoms with E-state index in [2.05, 4.69) is 58.2 Å². The number of ether oxygens (including phenoxy) is 1. The Hall–Kier alpha value is -2.64. The molecule has 0 radical (unpaired) electrons. The Morgan fingerprint density at radius 3 is 2.75 bits per heavy atom. The van der Waals surface area contributed by atoms with Crippen molar-refractivity contribution < 1.29 is 9.72 Å². The SMILES string of the molecule is CC(C)(C)Cn1nnc2c(Br)c(Oc3ccc(C#N)c#[n+]3)ccc21. The van der Waals surface area contributed by atoms with E-state index in [0.717, 1.165) is 17.6 Å². The monoisotopic (exact) mass is 384 g/mol. The summed E-state index contributed by atoms with van der Waals surface area (Å²) >= 11 is 3.53. The second-order valence-electron chi connectivity index (χ2n) is 6.58. The van der Waals surface area contributed by atoms with E-state index in [9.17, 15) is 0 Å². The third kappa shape index (κ3) is 3.32. The summed E-state index contributed by atoms with van der Waals surface area (Å²) in [6, 6.07) is 8.97. The molecule has 0 fully saturated rings. The Morgan fingerprint density at radius 2 is 2.12 bits per heavy atom. The Kier molecular flexibility index (Phi) is 4.13. The number of halogens is 1. The molecule has 0 atom stereocenters. The summed E-state index contributed by atoms with van der Waals surface area (Å²) in [6.07, 6.45) is 2.61. The van der Waals surface area contributed by atoms with Crippen LogP contribution in [-0.4, -0.2) is 15.0 Å². The summed E-state index contributed by atoms with van der Waals surface area (Å²) in [4.78, 5) is 3.99. The van der Waals surface area contributed by atoms with Gasteiger partial charge in [-0.05, 0) is 39.5 Å². The van der Waals surface area contributed by atoms with Crippen LogP contribution in [0, 0.1) is 22.9 Å². The summed E-state index contributed by atoms with van der Waals surface area (Å²) in [6.45, 7) is 7.22. The Balaban J connectivity index is 1.93. The number of hydrogen-bond donors (Lipinski definition) is 0. The molecule has 0 aliphatic rings. The third-order valence-corrected chi connectivity index (χ3v) is 3.99. The lowest BCUT2D eigenvalue weighted by atomic mass is 9.97. The minimum absolute atomic E-state index is 0.102. The molecule has 0 saturated heterocycles. The van der Waals surface area contributed by atoms with E-state index in [1.54, 1.807) is 12.1 Å². The largest absolute Gasteiger partial charge is 0.506 e. The van der Waals surface area contributed by atoms with Crippen molar-refractivity contribution >= 4 is 27.0 Å². The molecule has 0 spiro atoms. The number of aromatic nitrogens is 4. The zero-order valence-corrected chi connectivity index (χ0v) is 15.1. The summed E-state index contributed by atoms with van der Waals surface area (Å²) in [5, 5.41) is 17.3. The molecule has 3 rings (SSSR count). The number of fused-ring (bicyclic) bond motifs is 1. The van der Waals surface area contributed by atoms with Crippen LogP contribution in [0.15, 0.2) is 28.7 Å². The van der Waals surface area contributed by atoms with Gasteiger partial charge in [0.05, 0.1) is 16.1 Å². The maximum absolute atomic E-state index is 8.78. The molecule has 24 heavy (non-hydrogen) atoms. The van der Waals surface area contributed by atoms with Crippen LogP contribution in [-0.2, 0) is 6.54 Å². The van der Waals surface area contributed by atoms with Crippen LogP contribution < -0.4 is 9.72 Å². The molecule has 0 amide bonds. The van der Waals surface area contributed by atoms with E-state index in [4.69, 9.17) is 10.00 Å². The normalized spacial score (nSPS) is 11.1. The van der Waals surface area contributed by atoms with Gasteiger partial charge in [0.2, 0.25) is 0 Å². The first-order chi connectivity index (χ1) is 11.4. The Morgan fingerprint density at radius 1 is 1.33 bits per heavy atom. The van der Waals surface area contributed by atoms with Crippen LogP contribution in [0.2, 0.25) is 0 Å². The molecule has 7 heteroatoms. The van der Waals surface area contributed by atoms with Crippen molar-refractivity contribution in [2.24, 2.45) is 5.41 Å². The fraction of sp³-hybridized carbons (Fsp3) is 0.294. The van der Waals surface area contributed by atoms with Crippen molar-refractivity contribution in [3.8, 4) is 17.7 Å². The summed E-state index contributed by atoms with van der Waals surface area (Å²) < 4.78 is 8.35. The number of rotatable bonds is 3. The summed E-state index contributed by atoms with van der Waals surface area (Å²) in [5.74, 6) is 0.937. The van der Waals surface area contributed by atoms with E-state index < -0.39 is 0 Å². The highest BCUT2D eigenvalue weighted by atomic mass is 79.9. The summed E-state index contributed by atoms with van der Waals surface area (Å²) in [7, 11) is 0. The van der Waals surface area contributed by atoms with Gasteiger partial charge in [-0.3, -0.25) is 0 Å². The first-order valence-corrected chi connectivity index (χ1v) is 8.15. The lowest BCUT2D eigenvalue weighted by molar-refractivity contribution is -0.311. The molecule has 3 aromatic rings. The minimum atomic E-state index is 0.102. The van der Waals surface area contributed by atoms with Gasteiger partial charge in [-0.2, -0.15) is 5.26 Å². The maximum Gasteiger partial charge on any atom is 0.506 e. The highest BCUT2D eigenvalue weighted by Gasteiger charge is 2.19. The molecular formula is C17H15BrN5O+. The van der Waals surface area contributed by atoms with Crippen molar-refractivity contribution in [3.05, 3.63) is 40.5 Å². The highest BCUT2D eigenvalue weighted by molar-refractivity contribution is 9.10. The molecular weight excluding hydrogens is 370 g/mol. The minimum Gasteiger partial charge on any atom is -0.391 e. The standard InChI is InChI=1S/C17H15BrN5O/c1-17(2,3)10-23-12-5-6-13(15(18)16(12)21-22-23)24-14-7-4-11(8-19)9-20-14/h4-7H,10H2,1-3H3/q+1. The fourth-order valence-corrected chi connectivity index (χ4v) is 2.70. The molecule has 2 aromatic heterocycles. The predicted molar refractivity (Wildman–Crippen MR) is 90.3 cm³/mol. The van der Waals surface area contributed by atoms with Gasteiger partial charge in [0, 0.05) is 11.5 Å². The van der Waals surface area contributed by atoms with Gasteiger partial charge in [-0.1, -0.05) is 26.0 Å². The van der Waals surface area contributed by atoms with E-state index >= 15 is 0 Å². The third-order valence-electron chi connectivity index (χ3n) is 3.23. The predicted octanol–water partition coefficient (Wildman–Crippen LogP) is 3.30. The van der Waals surface area contributed by atoms with Crippen LogP contribution in [0.25, 0.3) is 11.0 Å². The van der Waals surface area contributed by atoms with Gasteiger partial charge in [0.1, 0.15) is 11.6 Å². The van der Waals surface area contributed by atoms with Crippen LogP contribution in [0.5, 0.6) is 11.6 Å². The zero-order chi connectivity index (χ0) is 17.3. The number of hydrogen-bond acceptors (Lipinski definition) is 4. The molecule has 6 nitrogen and oxygen atoms in total. The average Bonchev–Trinajstić information content (AvgIpc) is 2.92. The van der Waals surface area contributed by atoms with E-state index in [0.29, 0.717) is 21.7 Å². The fourth-order valence-electron chi connectivity index (χ4n) is 2.21. The lowest BCUT2D eigenvalue weighted by Crippen LogP contribution is -2.16. The molecule has 0 N–H and O–H groups in total. The van der Waals surface area contributed by atoms with Gasteiger partial charge in [0.15, 0.2) is 11.3 Å². The first kappa shape index (κ1) is 16.2. The number of nitriles is 1.